The van der Waals surface area contributed by atoms with E-state index in [0.29, 0.717) is 18.0 Å². The molecule has 1 saturated carbocycles. The van der Waals surface area contributed by atoms with E-state index in [2.05, 4.69) is 5.32 Å². The second kappa shape index (κ2) is 1.64. The zero-order valence-electron chi connectivity index (χ0n) is 5.92. The van der Waals surface area contributed by atoms with Gasteiger partial charge in [0.05, 0.1) is 0 Å². The summed E-state index contributed by atoms with van der Waals surface area (Å²) in [6.45, 7) is 0. The summed E-state index contributed by atoms with van der Waals surface area (Å²) in [5, 5.41) is 3.24. The van der Waals surface area contributed by atoms with Crippen molar-refractivity contribution >= 4 is 0 Å². The number of nitrogens with one attached hydrogen (secondary N) is 1. The minimum absolute atomic E-state index is 0.117. The van der Waals surface area contributed by atoms with Gasteiger partial charge in [-0.2, -0.15) is 0 Å². The Morgan fingerprint density at radius 1 is 1.27 bits per heavy atom. The molecule has 0 aromatic heterocycles. The number of hydrogen-bond donors (Lipinski definition) is 1. The van der Waals surface area contributed by atoms with Crippen molar-refractivity contribution in [3.63, 3.8) is 0 Å². The maximum atomic E-state index is 12.7. The first-order valence-corrected chi connectivity index (χ1v) is 3.88. The van der Waals surface area contributed by atoms with E-state index in [1.54, 1.807) is 12.1 Å². The molecule has 1 N–H and O–H groups in total. The lowest BCUT2D eigenvalue weighted by molar-refractivity contribution is 0.623. The molecular weight excluding hydrogens is 141 g/mol. The van der Waals surface area contributed by atoms with Crippen LogP contribution >= 0.6 is 0 Å². The Bertz CT molecular complexity index is 302. The third kappa shape index (κ3) is 0.730. The van der Waals surface area contributed by atoms with Gasteiger partial charge in [0.1, 0.15) is 5.82 Å². The van der Waals surface area contributed by atoms with Crippen molar-refractivity contribution in [1.82, 2.24) is 5.32 Å². The zero-order chi connectivity index (χ0) is 7.42. The standard InChI is InChI=1S/C9H8FN/c10-6-3-1-2-5(4-6)7-8-9(7)11-8/h1-4,7-9,11H. The molecule has 0 bridgehead atoms. The first-order chi connectivity index (χ1) is 5.36. The van der Waals surface area contributed by atoms with Crippen LogP contribution in [-0.4, -0.2) is 12.1 Å². The molecule has 1 aliphatic carbocycles. The number of rotatable bonds is 1. The molecule has 2 atom stereocenters. The molecule has 0 amide bonds. The van der Waals surface area contributed by atoms with Crippen molar-refractivity contribution in [2.45, 2.75) is 18.0 Å². The molecule has 11 heavy (non-hydrogen) atoms. The highest BCUT2D eigenvalue weighted by atomic mass is 19.1. The third-order valence-corrected chi connectivity index (χ3v) is 2.53. The fraction of sp³-hybridized carbons (Fsp3) is 0.333. The van der Waals surface area contributed by atoms with Gasteiger partial charge in [0, 0.05) is 18.0 Å². The fourth-order valence-electron chi connectivity index (χ4n) is 1.70. The minimum atomic E-state index is -0.117. The average Bonchev–Trinajstić information content (AvgIpc) is 2.71. The molecule has 2 heteroatoms. The summed E-state index contributed by atoms with van der Waals surface area (Å²) in [5.74, 6) is 0.500. The van der Waals surface area contributed by atoms with Gasteiger partial charge in [-0.3, -0.25) is 0 Å². The van der Waals surface area contributed by atoms with Crippen molar-refractivity contribution in [3.05, 3.63) is 35.6 Å². The van der Waals surface area contributed by atoms with Gasteiger partial charge < -0.3 is 5.32 Å². The fourth-order valence-corrected chi connectivity index (χ4v) is 1.70. The predicted molar refractivity (Wildman–Crippen MR) is 39.9 cm³/mol. The van der Waals surface area contributed by atoms with Crippen LogP contribution in [0.4, 0.5) is 4.39 Å². The first-order valence-electron chi connectivity index (χ1n) is 3.88. The average molecular weight is 149 g/mol. The van der Waals surface area contributed by atoms with Crippen LogP contribution in [0.5, 0.6) is 0 Å². The van der Waals surface area contributed by atoms with Crippen LogP contribution in [0.1, 0.15) is 11.5 Å². The molecule has 56 valence electrons. The van der Waals surface area contributed by atoms with Crippen molar-refractivity contribution in [1.29, 1.82) is 0 Å². The van der Waals surface area contributed by atoms with Gasteiger partial charge in [0.2, 0.25) is 0 Å². The summed E-state index contributed by atoms with van der Waals surface area (Å²) < 4.78 is 12.7. The third-order valence-electron chi connectivity index (χ3n) is 2.53. The summed E-state index contributed by atoms with van der Waals surface area (Å²) in [6.07, 6.45) is 0. The van der Waals surface area contributed by atoms with Crippen molar-refractivity contribution in [3.8, 4) is 0 Å². The summed E-state index contributed by atoms with van der Waals surface area (Å²) >= 11 is 0. The van der Waals surface area contributed by atoms with Crippen LogP contribution in [-0.2, 0) is 0 Å². The maximum Gasteiger partial charge on any atom is 0.123 e. The highest BCUT2D eigenvalue weighted by molar-refractivity contribution is 5.42. The Morgan fingerprint density at radius 3 is 2.64 bits per heavy atom. The molecule has 2 unspecified atom stereocenters. The number of halogens is 1. The lowest BCUT2D eigenvalue weighted by atomic mass is 10.1. The van der Waals surface area contributed by atoms with Gasteiger partial charge in [-0.05, 0) is 17.7 Å². The topological polar surface area (TPSA) is 21.9 Å². The summed E-state index contributed by atoms with van der Waals surface area (Å²) in [6, 6.07) is 8.27. The molecule has 1 heterocycles. The van der Waals surface area contributed by atoms with Crippen molar-refractivity contribution in [2.24, 2.45) is 0 Å². The second-order valence-electron chi connectivity index (χ2n) is 3.30. The molecule has 0 spiro atoms. The second-order valence-corrected chi connectivity index (χ2v) is 3.30. The Kier molecular flexibility index (Phi) is 0.853. The van der Waals surface area contributed by atoms with Gasteiger partial charge >= 0.3 is 0 Å². The van der Waals surface area contributed by atoms with E-state index in [0.717, 1.165) is 5.56 Å². The molecule has 1 saturated heterocycles. The highest BCUT2D eigenvalue weighted by Crippen LogP contribution is 2.52. The quantitative estimate of drug-likeness (QED) is 0.596. The van der Waals surface area contributed by atoms with E-state index in [1.165, 1.54) is 6.07 Å². The van der Waals surface area contributed by atoms with Crippen LogP contribution in [0.2, 0.25) is 0 Å². The van der Waals surface area contributed by atoms with Gasteiger partial charge in [0.15, 0.2) is 0 Å². The minimum Gasteiger partial charge on any atom is -0.307 e. The molecule has 1 aliphatic heterocycles. The lowest BCUT2D eigenvalue weighted by Crippen LogP contribution is -2.06. The Morgan fingerprint density at radius 2 is 2.09 bits per heavy atom. The largest absolute Gasteiger partial charge is 0.307 e. The van der Waals surface area contributed by atoms with Gasteiger partial charge in [0.25, 0.3) is 0 Å². The molecule has 1 nitrogen and oxygen atoms in total. The van der Waals surface area contributed by atoms with E-state index >= 15 is 0 Å². The van der Waals surface area contributed by atoms with Crippen LogP contribution in [0.3, 0.4) is 0 Å². The summed E-state index contributed by atoms with van der Waals surface area (Å²) in [4.78, 5) is 0. The SMILES string of the molecule is Fc1cccc(C2C3NC32)c1. The van der Waals surface area contributed by atoms with Gasteiger partial charge in [-0.15, -0.1) is 0 Å². The predicted octanol–water partition coefficient (Wildman–Crippen LogP) is 1.26. The van der Waals surface area contributed by atoms with Gasteiger partial charge in [-0.1, -0.05) is 12.1 Å². The van der Waals surface area contributed by atoms with E-state index in [1.807, 2.05) is 6.07 Å². The van der Waals surface area contributed by atoms with Crippen LogP contribution < -0.4 is 5.32 Å². The number of fused-ring (bicyclic) bond motifs is 1. The summed E-state index contributed by atoms with van der Waals surface area (Å²) in [5.41, 5.74) is 1.15. The van der Waals surface area contributed by atoms with Crippen LogP contribution in [0, 0.1) is 5.82 Å². The van der Waals surface area contributed by atoms with Crippen molar-refractivity contribution < 1.29 is 4.39 Å². The monoisotopic (exact) mass is 149 g/mol. The molecule has 1 aromatic rings. The molecule has 3 rings (SSSR count). The van der Waals surface area contributed by atoms with E-state index in [-0.39, 0.29) is 5.82 Å². The van der Waals surface area contributed by atoms with Crippen LogP contribution in [0.15, 0.2) is 24.3 Å². The molecule has 0 radical (unpaired) electrons. The van der Waals surface area contributed by atoms with E-state index in [4.69, 9.17) is 0 Å². The first kappa shape index (κ1) is 5.72. The lowest BCUT2D eigenvalue weighted by Gasteiger charge is -2.02. The van der Waals surface area contributed by atoms with Crippen LogP contribution in [0.25, 0.3) is 0 Å². The number of benzene rings is 1. The molecule has 1 aromatic carbocycles. The normalized spacial score (nSPS) is 38.1. The van der Waals surface area contributed by atoms with Gasteiger partial charge in [-0.25, -0.2) is 4.39 Å². The molecule has 2 aliphatic rings. The maximum absolute atomic E-state index is 12.7. The zero-order valence-corrected chi connectivity index (χ0v) is 5.92. The molecular formula is C9H8FN. The van der Waals surface area contributed by atoms with E-state index < -0.39 is 0 Å². The Balaban J connectivity index is 1.95. The smallest absolute Gasteiger partial charge is 0.123 e. The Hall–Kier alpha value is -0.890. The summed E-state index contributed by atoms with van der Waals surface area (Å²) in [7, 11) is 0. The number of hydrogen-bond acceptors (Lipinski definition) is 1. The van der Waals surface area contributed by atoms with Crippen molar-refractivity contribution in [2.75, 3.05) is 0 Å². The molecule has 2 fully saturated rings. The highest BCUT2D eigenvalue weighted by Gasteiger charge is 2.64. The van der Waals surface area contributed by atoms with E-state index in [9.17, 15) is 4.39 Å². The Labute approximate surface area is 64.2 Å².